The van der Waals surface area contributed by atoms with Crippen molar-refractivity contribution in [2.45, 2.75) is 24.2 Å². The van der Waals surface area contributed by atoms with E-state index in [1.807, 2.05) is 60.7 Å². The number of anilines is 1. The largest absolute Gasteiger partial charge is 0.367 e. The molecule has 4 aromatic rings. The molecule has 0 atom stereocenters. The van der Waals surface area contributed by atoms with Crippen LogP contribution in [0.3, 0.4) is 0 Å². The predicted molar refractivity (Wildman–Crippen MR) is 138 cm³/mol. The molecule has 0 saturated carbocycles. The Balaban J connectivity index is 0.000000396. The quantitative estimate of drug-likeness (QED) is 0.274. The zero-order valence-electron chi connectivity index (χ0n) is 19.1. The molecule has 0 aliphatic heterocycles. The Morgan fingerprint density at radius 3 is 2.00 bits per heavy atom. The first-order chi connectivity index (χ1) is 16.6. The van der Waals surface area contributed by atoms with Crippen molar-refractivity contribution in [2.24, 2.45) is 0 Å². The van der Waals surface area contributed by atoms with E-state index in [2.05, 4.69) is 36.5 Å². The minimum atomic E-state index is -0.290. The molecule has 0 aliphatic carbocycles. The fourth-order valence-electron chi connectivity index (χ4n) is 2.95. The van der Waals surface area contributed by atoms with Crippen LogP contribution in [0.4, 0.5) is 10.1 Å². The van der Waals surface area contributed by atoms with Crippen LogP contribution in [0.25, 0.3) is 0 Å². The van der Waals surface area contributed by atoms with E-state index in [0.717, 1.165) is 21.9 Å². The van der Waals surface area contributed by atoms with E-state index in [1.165, 1.54) is 23.3 Å². The third kappa shape index (κ3) is 9.61. The molecule has 0 unspecified atom stereocenters. The van der Waals surface area contributed by atoms with Gasteiger partial charge in [-0.3, -0.25) is 4.79 Å². The molecule has 0 saturated heterocycles. The smallest absolute Gasteiger partial charge is 0.250 e. The molecule has 0 fully saturated rings. The number of amides is 1. The van der Waals surface area contributed by atoms with Gasteiger partial charge in [0.25, 0.3) is 0 Å². The van der Waals surface area contributed by atoms with Crippen molar-refractivity contribution in [2.75, 3.05) is 11.9 Å². The molecule has 0 bridgehead atoms. The first-order valence-corrected chi connectivity index (χ1v) is 12.0. The third-order valence-corrected chi connectivity index (χ3v) is 5.83. The lowest BCUT2D eigenvalue weighted by atomic mass is 10.2. The highest BCUT2D eigenvalue weighted by Gasteiger charge is 2.04. The maximum absolute atomic E-state index is 12.8. The number of hydrogen-bond acceptors (Lipinski definition) is 3. The van der Waals surface area contributed by atoms with Crippen LogP contribution in [0.5, 0.6) is 0 Å². The standard InChI is InChI=1S/C22H20FNO2S.C7H8/c23-19-8-6-17(7-9-19)14-26-15-22(25)24-20-10-12-21(13-11-20)27-16-18-4-2-1-3-5-18;1-7-5-3-2-4-6-7/h1-13H,14-16H2,(H,24,25);2-6H,1H3. The summed E-state index contributed by atoms with van der Waals surface area (Å²) in [6, 6.07) is 34.3. The van der Waals surface area contributed by atoms with Crippen molar-refractivity contribution in [1.82, 2.24) is 0 Å². The van der Waals surface area contributed by atoms with Crippen LogP contribution < -0.4 is 5.32 Å². The molecule has 0 aliphatic rings. The topological polar surface area (TPSA) is 38.3 Å². The van der Waals surface area contributed by atoms with Crippen LogP contribution in [-0.4, -0.2) is 12.5 Å². The third-order valence-electron chi connectivity index (χ3n) is 4.74. The lowest BCUT2D eigenvalue weighted by Crippen LogP contribution is -2.18. The Kier molecular flexibility index (Phi) is 10.4. The van der Waals surface area contributed by atoms with Crippen LogP contribution in [0.2, 0.25) is 0 Å². The molecule has 34 heavy (non-hydrogen) atoms. The fraction of sp³-hybridized carbons (Fsp3) is 0.138. The average molecular weight is 474 g/mol. The minimum absolute atomic E-state index is 0.0537. The van der Waals surface area contributed by atoms with Crippen molar-refractivity contribution >= 4 is 23.4 Å². The number of carbonyl (C=O) groups excluding carboxylic acids is 1. The van der Waals surface area contributed by atoms with Gasteiger partial charge in [-0.15, -0.1) is 11.8 Å². The SMILES string of the molecule is Cc1ccccc1.O=C(COCc1ccc(F)cc1)Nc1ccc(SCc2ccccc2)cc1. The van der Waals surface area contributed by atoms with Gasteiger partial charge in [0.05, 0.1) is 6.61 Å². The summed E-state index contributed by atoms with van der Waals surface area (Å²) in [7, 11) is 0. The van der Waals surface area contributed by atoms with E-state index in [-0.39, 0.29) is 24.9 Å². The van der Waals surface area contributed by atoms with Gasteiger partial charge in [0.15, 0.2) is 0 Å². The number of rotatable bonds is 8. The van der Waals surface area contributed by atoms with Crippen LogP contribution in [0, 0.1) is 12.7 Å². The summed E-state index contributed by atoms with van der Waals surface area (Å²) in [5, 5.41) is 2.81. The summed E-state index contributed by atoms with van der Waals surface area (Å²) in [6.45, 7) is 2.30. The van der Waals surface area contributed by atoms with Gasteiger partial charge in [0.1, 0.15) is 12.4 Å². The molecular weight excluding hydrogens is 445 g/mol. The van der Waals surface area contributed by atoms with Gasteiger partial charge in [-0.05, 0) is 54.4 Å². The minimum Gasteiger partial charge on any atom is -0.367 e. The number of hydrogen-bond donors (Lipinski definition) is 1. The fourth-order valence-corrected chi connectivity index (χ4v) is 3.80. The van der Waals surface area contributed by atoms with Crippen molar-refractivity contribution in [3.8, 4) is 0 Å². The zero-order valence-corrected chi connectivity index (χ0v) is 19.9. The molecule has 4 rings (SSSR count). The second-order valence-corrected chi connectivity index (χ2v) is 8.67. The monoisotopic (exact) mass is 473 g/mol. The van der Waals surface area contributed by atoms with Gasteiger partial charge >= 0.3 is 0 Å². The normalized spacial score (nSPS) is 10.2. The number of thioether (sulfide) groups is 1. The van der Waals surface area contributed by atoms with Gasteiger partial charge in [-0.1, -0.05) is 78.4 Å². The highest BCUT2D eigenvalue weighted by atomic mass is 32.2. The highest BCUT2D eigenvalue weighted by molar-refractivity contribution is 7.98. The molecule has 1 N–H and O–H groups in total. The van der Waals surface area contributed by atoms with E-state index in [0.29, 0.717) is 0 Å². The molecule has 0 radical (unpaired) electrons. The van der Waals surface area contributed by atoms with E-state index in [9.17, 15) is 9.18 Å². The van der Waals surface area contributed by atoms with Crippen LogP contribution in [0.1, 0.15) is 16.7 Å². The summed E-state index contributed by atoms with van der Waals surface area (Å²) in [4.78, 5) is 13.1. The van der Waals surface area contributed by atoms with Gasteiger partial charge in [0.2, 0.25) is 5.91 Å². The van der Waals surface area contributed by atoms with Crippen molar-refractivity contribution in [3.63, 3.8) is 0 Å². The van der Waals surface area contributed by atoms with E-state index in [4.69, 9.17) is 4.74 Å². The van der Waals surface area contributed by atoms with Gasteiger partial charge in [0, 0.05) is 16.3 Å². The molecule has 0 aromatic heterocycles. The van der Waals surface area contributed by atoms with Crippen LogP contribution in [-0.2, 0) is 21.9 Å². The van der Waals surface area contributed by atoms with Crippen molar-refractivity contribution in [3.05, 3.63) is 132 Å². The van der Waals surface area contributed by atoms with E-state index in [1.54, 1.807) is 23.9 Å². The Labute approximate surface area is 205 Å². The molecule has 0 heterocycles. The predicted octanol–water partition coefficient (Wildman–Crippen LogP) is 7.27. The van der Waals surface area contributed by atoms with Crippen LogP contribution >= 0.6 is 11.8 Å². The number of carbonyl (C=O) groups is 1. The number of ether oxygens (including phenoxy) is 1. The van der Waals surface area contributed by atoms with Crippen molar-refractivity contribution in [1.29, 1.82) is 0 Å². The molecule has 1 amide bonds. The molecule has 0 spiro atoms. The first-order valence-electron chi connectivity index (χ1n) is 11.0. The molecular formula is C29H28FNO2S. The second-order valence-electron chi connectivity index (χ2n) is 7.62. The molecule has 174 valence electrons. The van der Waals surface area contributed by atoms with Gasteiger partial charge in [-0.25, -0.2) is 4.39 Å². The lowest BCUT2D eigenvalue weighted by Gasteiger charge is -2.08. The zero-order chi connectivity index (χ0) is 24.0. The number of benzene rings is 4. The summed E-state index contributed by atoms with van der Waals surface area (Å²) in [5.74, 6) is 0.396. The molecule has 4 aromatic carbocycles. The second kappa shape index (κ2) is 14.0. The highest BCUT2D eigenvalue weighted by Crippen LogP contribution is 2.24. The average Bonchev–Trinajstić information content (AvgIpc) is 2.86. The van der Waals surface area contributed by atoms with Gasteiger partial charge in [-0.2, -0.15) is 0 Å². The Morgan fingerprint density at radius 2 is 1.41 bits per heavy atom. The van der Waals surface area contributed by atoms with E-state index < -0.39 is 0 Å². The molecule has 5 heteroatoms. The Hall–Kier alpha value is -3.41. The maximum atomic E-state index is 12.8. The summed E-state index contributed by atoms with van der Waals surface area (Å²) in [5.41, 5.74) is 4.15. The maximum Gasteiger partial charge on any atom is 0.250 e. The Bertz CT molecular complexity index is 1120. The van der Waals surface area contributed by atoms with Crippen LogP contribution in [0.15, 0.2) is 114 Å². The van der Waals surface area contributed by atoms with Gasteiger partial charge < -0.3 is 10.1 Å². The number of halogens is 1. The Morgan fingerprint density at radius 1 is 0.794 bits per heavy atom. The van der Waals surface area contributed by atoms with E-state index >= 15 is 0 Å². The lowest BCUT2D eigenvalue weighted by molar-refractivity contribution is -0.121. The summed E-state index contributed by atoms with van der Waals surface area (Å²) in [6.07, 6.45) is 0. The molecule has 3 nitrogen and oxygen atoms in total. The summed E-state index contributed by atoms with van der Waals surface area (Å²) < 4.78 is 18.2. The number of nitrogens with one attached hydrogen (secondary N) is 1. The summed E-state index contributed by atoms with van der Waals surface area (Å²) >= 11 is 1.75. The number of aryl methyl sites for hydroxylation is 1. The van der Waals surface area contributed by atoms with Crippen molar-refractivity contribution < 1.29 is 13.9 Å². The first kappa shape index (κ1) is 25.2.